The predicted molar refractivity (Wildman–Crippen MR) is 91.4 cm³/mol. The monoisotopic (exact) mass is 305 g/mol. The summed E-state index contributed by atoms with van der Waals surface area (Å²) < 4.78 is 8.08. The number of carbonyl (C=O) groups excluding carboxylic acids is 1. The van der Waals surface area contributed by atoms with Crippen LogP contribution in [0.25, 0.3) is 5.69 Å². The summed E-state index contributed by atoms with van der Waals surface area (Å²) in [5.74, 6) is 0.801. The molecule has 116 valence electrons. The van der Waals surface area contributed by atoms with Gasteiger partial charge in [-0.2, -0.15) is 0 Å². The number of aromatic nitrogens is 1. The van der Waals surface area contributed by atoms with Crippen LogP contribution in [0.2, 0.25) is 0 Å². The van der Waals surface area contributed by atoms with Gasteiger partial charge in [-0.1, -0.05) is 42.5 Å². The average molecular weight is 305 g/mol. The van der Waals surface area contributed by atoms with Gasteiger partial charge in [-0.05, 0) is 37.6 Å². The zero-order chi connectivity index (χ0) is 16.2. The Labute approximate surface area is 136 Å². The fourth-order valence-corrected chi connectivity index (χ4v) is 2.78. The maximum atomic E-state index is 11.2. The van der Waals surface area contributed by atoms with Gasteiger partial charge in [0.1, 0.15) is 12.4 Å². The zero-order valence-electron chi connectivity index (χ0n) is 13.3. The van der Waals surface area contributed by atoms with Crippen LogP contribution in [0.15, 0.2) is 60.7 Å². The van der Waals surface area contributed by atoms with Gasteiger partial charge in [-0.25, -0.2) is 0 Å². The summed E-state index contributed by atoms with van der Waals surface area (Å²) in [7, 11) is 0. The lowest BCUT2D eigenvalue weighted by Gasteiger charge is -2.15. The number of hydrogen-bond donors (Lipinski definition) is 0. The van der Waals surface area contributed by atoms with Crippen LogP contribution in [0.5, 0.6) is 5.75 Å². The lowest BCUT2D eigenvalue weighted by molar-refractivity contribution is 0.112. The molecule has 0 aliphatic rings. The Morgan fingerprint density at radius 1 is 1.00 bits per heavy atom. The van der Waals surface area contributed by atoms with Gasteiger partial charge < -0.3 is 9.30 Å². The molecule has 0 bridgehead atoms. The Hall–Kier alpha value is -2.81. The van der Waals surface area contributed by atoms with E-state index < -0.39 is 0 Å². The van der Waals surface area contributed by atoms with Crippen LogP contribution >= 0.6 is 0 Å². The highest BCUT2D eigenvalue weighted by atomic mass is 16.5. The zero-order valence-corrected chi connectivity index (χ0v) is 13.3. The molecule has 0 N–H and O–H groups in total. The Bertz CT molecular complexity index is 819. The first kappa shape index (κ1) is 15.1. The highest BCUT2D eigenvalue weighted by Crippen LogP contribution is 2.28. The molecule has 1 heterocycles. The quantitative estimate of drug-likeness (QED) is 0.651. The van der Waals surface area contributed by atoms with Gasteiger partial charge in [0.2, 0.25) is 0 Å². The second-order valence-corrected chi connectivity index (χ2v) is 5.52. The number of carbonyl (C=O) groups is 1. The van der Waals surface area contributed by atoms with Crippen LogP contribution in [-0.2, 0) is 6.61 Å². The molecular formula is C20H19NO2. The molecule has 2 aromatic carbocycles. The lowest BCUT2D eigenvalue weighted by atomic mass is 10.2. The van der Waals surface area contributed by atoms with Crippen LogP contribution in [0.1, 0.15) is 27.3 Å². The standard InChI is InChI=1S/C20H19NO2/c1-15-12-18(13-22)16(2)21(15)19-10-6-7-11-20(19)23-14-17-8-4-3-5-9-17/h3-13H,14H2,1-2H3. The predicted octanol–water partition coefficient (Wildman–Crippen LogP) is 4.49. The second kappa shape index (κ2) is 6.53. The van der Waals surface area contributed by atoms with E-state index >= 15 is 0 Å². The third kappa shape index (κ3) is 3.04. The minimum Gasteiger partial charge on any atom is -0.487 e. The number of aryl methyl sites for hydroxylation is 1. The van der Waals surface area contributed by atoms with Gasteiger partial charge in [-0.3, -0.25) is 4.79 Å². The van der Waals surface area contributed by atoms with Crippen molar-refractivity contribution in [2.24, 2.45) is 0 Å². The van der Waals surface area contributed by atoms with Crippen molar-refractivity contribution in [2.75, 3.05) is 0 Å². The number of aldehydes is 1. The topological polar surface area (TPSA) is 31.2 Å². The number of para-hydroxylation sites is 2. The summed E-state index contributed by atoms with van der Waals surface area (Å²) in [6.45, 7) is 4.45. The van der Waals surface area contributed by atoms with Crippen molar-refractivity contribution in [2.45, 2.75) is 20.5 Å². The molecule has 0 aliphatic heterocycles. The molecule has 0 aliphatic carbocycles. The van der Waals surface area contributed by atoms with Crippen molar-refractivity contribution in [3.8, 4) is 11.4 Å². The third-order valence-corrected chi connectivity index (χ3v) is 3.94. The Balaban J connectivity index is 1.95. The van der Waals surface area contributed by atoms with E-state index in [-0.39, 0.29) is 0 Å². The third-order valence-electron chi connectivity index (χ3n) is 3.94. The van der Waals surface area contributed by atoms with Gasteiger partial charge in [0.05, 0.1) is 5.69 Å². The number of rotatable bonds is 5. The Morgan fingerprint density at radius 3 is 2.39 bits per heavy atom. The van der Waals surface area contributed by atoms with E-state index in [1.165, 1.54) is 0 Å². The highest BCUT2D eigenvalue weighted by Gasteiger charge is 2.13. The summed E-state index contributed by atoms with van der Waals surface area (Å²) in [6.07, 6.45) is 0.895. The number of nitrogens with zero attached hydrogens (tertiary/aromatic N) is 1. The maximum absolute atomic E-state index is 11.2. The number of benzene rings is 2. The van der Waals surface area contributed by atoms with Crippen molar-refractivity contribution >= 4 is 6.29 Å². The van der Waals surface area contributed by atoms with E-state index in [1.54, 1.807) is 0 Å². The molecule has 0 saturated carbocycles. The van der Waals surface area contributed by atoms with Crippen LogP contribution < -0.4 is 4.74 Å². The first-order valence-corrected chi connectivity index (χ1v) is 7.61. The van der Waals surface area contributed by atoms with Gasteiger partial charge >= 0.3 is 0 Å². The molecule has 23 heavy (non-hydrogen) atoms. The summed E-state index contributed by atoms with van der Waals surface area (Å²) in [6, 6.07) is 19.9. The molecule has 3 heteroatoms. The van der Waals surface area contributed by atoms with E-state index in [9.17, 15) is 4.79 Å². The van der Waals surface area contributed by atoms with E-state index in [0.29, 0.717) is 12.2 Å². The summed E-state index contributed by atoms with van der Waals surface area (Å²) in [5.41, 5.74) is 4.72. The summed E-state index contributed by atoms with van der Waals surface area (Å²) >= 11 is 0. The minimum absolute atomic E-state index is 0.512. The van der Waals surface area contributed by atoms with Crippen molar-refractivity contribution < 1.29 is 9.53 Å². The summed E-state index contributed by atoms with van der Waals surface area (Å²) in [4.78, 5) is 11.2. The molecular weight excluding hydrogens is 286 g/mol. The number of hydrogen-bond acceptors (Lipinski definition) is 2. The van der Waals surface area contributed by atoms with Crippen molar-refractivity contribution in [1.29, 1.82) is 0 Å². The van der Waals surface area contributed by atoms with E-state index in [1.807, 2.05) is 74.5 Å². The fraction of sp³-hybridized carbons (Fsp3) is 0.150. The molecule has 3 aromatic rings. The Morgan fingerprint density at radius 2 is 1.70 bits per heavy atom. The molecule has 0 unspecified atom stereocenters. The first-order chi connectivity index (χ1) is 11.2. The highest BCUT2D eigenvalue weighted by molar-refractivity contribution is 5.78. The molecule has 1 aromatic heterocycles. The van der Waals surface area contributed by atoms with E-state index in [0.717, 1.165) is 34.7 Å². The van der Waals surface area contributed by atoms with Crippen LogP contribution in [0.4, 0.5) is 0 Å². The maximum Gasteiger partial charge on any atom is 0.151 e. The molecule has 0 atom stereocenters. The minimum atomic E-state index is 0.512. The van der Waals surface area contributed by atoms with Crippen molar-refractivity contribution in [3.05, 3.63) is 83.2 Å². The Kier molecular flexibility index (Phi) is 4.29. The van der Waals surface area contributed by atoms with Crippen LogP contribution in [-0.4, -0.2) is 10.9 Å². The smallest absolute Gasteiger partial charge is 0.151 e. The van der Waals surface area contributed by atoms with E-state index in [2.05, 4.69) is 4.57 Å². The van der Waals surface area contributed by atoms with Crippen LogP contribution in [0, 0.1) is 13.8 Å². The van der Waals surface area contributed by atoms with Gasteiger partial charge in [-0.15, -0.1) is 0 Å². The molecule has 0 fully saturated rings. The fourth-order valence-electron chi connectivity index (χ4n) is 2.78. The lowest BCUT2D eigenvalue weighted by Crippen LogP contribution is -2.04. The van der Waals surface area contributed by atoms with Gasteiger partial charge in [0.25, 0.3) is 0 Å². The summed E-state index contributed by atoms with van der Waals surface area (Å²) in [5, 5.41) is 0. The molecule has 3 nitrogen and oxygen atoms in total. The first-order valence-electron chi connectivity index (χ1n) is 7.61. The van der Waals surface area contributed by atoms with Crippen molar-refractivity contribution in [3.63, 3.8) is 0 Å². The second-order valence-electron chi connectivity index (χ2n) is 5.52. The normalized spacial score (nSPS) is 10.5. The average Bonchev–Trinajstić information content (AvgIpc) is 2.88. The molecule has 0 radical (unpaired) electrons. The van der Waals surface area contributed by atoms with Gasteiger partial charge in [0, 0.05) is 17.0 Å². The SMILES string of the molecule is Cc1cc(C=O)c(C)n1-c1ccccc1OCc1ccccc1. The molecule has 3 rings (SSSR count). The van der Waals surface area contributed by atoms with Crippen molar-refractivity contribution in [1.82, 2.24) is 4.57 Å². The molecule has 0 saturated heterocycles. The molecule has 0 spiro atoms. The van der Waals surface area contributed by atoms with E-state index in [4.69, 9.17) is 4.74 Å². The number of ether oxygens (including phenoxy) is 1. The molecule has 0 amide bonds. The largest absolute Gasteiger partial charge is 0.487 e. The van der Waals surface area contributed by atoms with Crippen LogP contribution in [0.3, 0.4) is 0 Å². The van der Waals surface area contributed by atoms with Gasteiger partial charge in [0.15, 0.2) is 6.29 Å².